The van der Waals surface area contributed by atoms with Crippen LogP contribution in [0.1, 0.15) is 68.5 Å². The molecule has 0 saturated carbocycles. The summed E-state index contributed by atoms with van der Waals surface area (Å²) in [5.41, 5.74) is 9.91. The van der Waals surface area contributed by atoms with E-state index in [2.05, 4.69) is 105 Å². The van der Waals surface area contributed by atoms with Crippen LogP contribution in [0.2, 0.25) is 0 Å². The van der Waals surface area contributed by atoms with Gasteiger partial charge in [0.2, 0.25) is 0 Å². The van der Waals surface area contributed by atoms with Crippen molar-refractivity contribution in [2.75, 3.05) is 0 Å². The molecular weight excluding hydrogens is 784 g/mol. The molecule has 6 heteroatoms. The van der Waals surface area contributed by atoms with Gasteiger partial charge in [0.25, 0.3) is 0 Å². The fourth-order valence-corrected chi connectivity index (χ4v) is 6.76. The van der Waals surface area contributed by atoms with Crippen LogP contribution in [0.3, 0.4) is 0 Å². The third-order valence-corrected chi connectivity index (χ3v) is 9.20. The van der Waals surface area contributed by atoms with E-state index in [-0.39, 0.29) is 21.1 Å². The Bertz CT molecular complexity index is 2200. The molecule has 0 amide bonds. The number of rotatable bonds is 12. The molecule has 250 valence electrons. The molecule has 7 aromatic rings. The second-order valence-electron chi connectivity index (χ2n) is 12.7. The summed E-state index contributed by atoms with van der Waals surface area (Å²) in [6, 6.07) is 38.8. The van der Waals surface area contributed by atoms with Crippen molar-refractivity contribution in [2.45, 2.75) is 72.6 Å². The molecule has 5 nitrogen and oxygen atoms in total. The number of pyridine rings is 1. The Morgan fingerprint density at radius 3 is 2.31 bits per heavy atom. The zero-order valence-electron chi connectivity index (χ0n) is 28.7. The van der Waals surface area contributed by atoms with Crippen molar-refractivity contribution in [1.29, 1.82) is 0 Å². The van der Waals surface area contributed by atoms with Gasteiger partial charge in [0.15, 0.2) is 0 Å². The molecule has 0 aliphatic heterocycles. The Balaban J connectivity index is 0.00000417. The molecule has 0 bridgehead atoms. The number of benzene rings is 4. The van der Waals surface area contributed by atoms with Crippen molar-refractivity contribution >= 4 is 21.8 Å². The molecule has 49 heavy (non-hydrogen) atoms. The van der Waals surface area contributed by atoms with Crippen LogP contribution in [0.15, 0.2) is 97.2 Å². The van der Waals surface area contributed by atoms with Crippen molar-refractivity contribution in [3.63, 3.8) is 0 Å². The van der Waals surface area contributed by atoms with Gasteiger partial charge >= 0.3 is 21.1 Å². The van der Waals surface area contributed by atoms with Crippen LogP contribution in [0.25, 0.3) is 44.4 Å². The van der Waals surface area contributed by atoms with Crippen LogP contribution in [-0.2, 0) is 33.9 Å². The van der Waals surface area contributed by atoms with Crippen LogP contribution in [-0.4, -0.2) is 19.3 Å². The van der Waals surface area contributed by atoms with Gasteiger partial charge < -0.3 is 9.30 Å². The van der Waals surface area contributed by atoms with E-state index in [0.29, 0.717) is 11.5 Å². The molecule has 0 aliphatic carbocycles. The summed E-state index contributed by atoms with van der Waals surface area (Å²) in [6.45, 7) is 8.64. The van der Waals surface area contributed by atoms with Gasteiger partial charge in [-0.2, -0.15) is 17.2 Å². The summed E-state index contributed by atoms with van der Waals surface area (Å²) in [5.74, 6) is 2.14. The van der Waals surface area contributed by atoms with Crippen LogP contribution >= 0.6 is 0 Å². The zero-order valence-corrected chi connectivity index (χ0v) is 31.0. The molecule has 0 spiro atoms. The van der Waals surface area contributed by atoms with Crippen LogP contribution < -0.4 is 4.74 Å². The number of hydrogen-bond acceptors (Lipinski definition) is 3. The molecule has 0 N–H and O–H groups in total. The SMILES string of the molecule is CCCCCc1ccc2c(c1)c1ccc(Oc3[c-]c(-n4nc(C)c(-c5ccccc5)c4C)ccc3)[c-]c1n2-c1cc(CCCC)ccn1.[Pt+2]. The number of aromatic nitrogens is 4. The monoisotopic (exact) mass is 825 g/mol. The summed E-state index contributed by atoms with van der Waals surface area (Å²) in [7, 11) is 0. The van der Waals surface area contributed by atoms with Gasteiger partial charge in [0, 0.05) is 34.5 Å². The Kier molecular flexibility index (Phi) is 10.8. The number of unbranched alkanes of at least 4 members (excludes halogenated alkanes) is 3. The molecule has 0 radical (unpaired) electrons. The van der Waals surface area contributed by atoms with E-state index in [9.17, 15) is 0 Å². The smallest absolute Gasteiger partial charge is 0.509 e. The van der Waals surface area contributed by atoms with E-state index in [0.717, 1.165) is 76.1 Å². The minimum absolute atomic E-state index is 0. The number of fused-ring (bicyclic) bond motifs is 3. The van der Waals surface area contributed by atoms with E-state index >= 15 is 0 Å². The van der Waals surface area contributed by atoms with Gasteiger partial charge in [-0.25, -0.2) is 4.98 Å². The van der Waals surface area contributed by atoms with Crippen molar-refractivity contribution in [3.05, 3.63) is 132 Å². The third-order valence-electron chi connectivity index (χ3n) is 9.20. The summed E-state index contributed by atoms with van der Waals surface area (Å²) in [4.78, 5) is 4.86. The molecule has 3 aromatic heterocycles. The molecule has 0 fully saturated rings. The maximum atomic E-state index is 6.48. The van der Waals surface area contributed by atoms with Gasteiger partial charge in [-0.05, 0) is 85.5 Å². The first kappa shape index (κ1) is 34.4. The molecule has 0 saturated heterocycles. The Hall–Kier alpha value is -4.47. The Labute approximate surface area is 304 Å². The number of hydrogen-bond donors (Lipinski definition) is 0. The number of ether oxygens (including phenoxy) is 1. The topological polar surface area (TPSA) is 44.9 Å². The second kappa shape index (κ2) is 15.4. The predicted molar refractivity (Wildman–Crippen MR) is 197 cm³/mol. The summed E-state index contributed by atoms with van der Waals surface area (Å²) >= 11 is 0. The van der Waals surface area contributed by atoms with Gasteiger partial charge in [-0.3, -0.25) is 4.68 Å². The normalized spacial score (nSPS) is 11.3. The maximum absolute atomic E-state index is 6.48. The minimum Gasteiger partial charge on any atom is -0.509 e. The van der Waals surface area contributed by atoms with Gasteiger partial charge in [-0.15, -0.1) is 35.7 Å². The van der Waals surface area contributed by atoms with E-state index in [1.54, 1.807) is 0 Å². The molecule has 4 aromatic carbocycles. The fourth-order valence-electron chi connectivity index (χ4n) is 6.76. The second-order valence-corrected chi connectivity index (χ2v) is 12.7. The van der Waals surface area contributed by atoms with E-state index in [1.807, 2.05) is 41.2 Å². The molecular formula is C43H42N4OPt. The predicted octanol–water partition coefficient (Wildman–Crippen LogP) is 11.1. The number of aryl methyl sites for hydroxylation is 3. The average molecular weight is 826 g/mol. The summed E-state index contributed by atoms with van der Waals surface area (Å²) in [5, 5.41) is 7.24. The molecule has 0 atom stereocenters. The Morgan fingerprint density at radius 1 is 0.714 bits per heavy atom. The minimum atomic E-state index is 0. The first-order valence-corrected chi connectivity index (χ1v) is 17.3. The third kappa shape index (κ3) is 7.14. The van der Waals surface area contributed by atoms with Gasteiger partial charge in [0.1, 0.15) is 5.82 Å². The van der Waals surface area contributed by atoms with Gasteiger partial charge in [-0.1, -0.05) is 81.1 Å². The van der Waals surface area contributed by atoms with E-state index in [1.165, 1.54) is 35.8 Å². The van der Waals surface area contributed by atoms with Crippen molar-refractivity contribution < 1.29 is 25.8 Å². The van der Waals surface area contributed by atoms with Crippen LogP contribution in [0.4, 0.5) is 0 Å². The van der Waals surface area contributed by atoms with E-state index in [4.69, 9.17) is 14.8 Å². The summed E-state index contributed by atoms with van der Waals surface area (Å²) in [6.07, 6.45) is 10.0. The van der Waals surface area contributed by atoms with Crippen molar-refractivity contribution in [3.8, 4) is 34.1 Å². The standard InChI is InChI=1S/C43H42N4O.Pt/c1-5-7-10-15-32-20-23-40-39(26-32)38-22-21-37(29-41(38)46(40)42-27-33(14-8-6-2)24-25-44-42)48-36-19-13-18-35(28-36)47-31(4)43(30(3)45-47)34-16-11-9-12-17-34;/h9,11-13,16-27H,5-8,10,14-15H2,1-4H3;/q-2;+2. The largest absolute Gasteiger partial charge is 2.00 e. The number of nitrogens with zero attached hydrogens (tertiary/aromatic N) is 4. The first-order valence-electron chi connectivity index (χ1n) is 17.3. The van der Waals surface area contributed by atoms with Crippen molar-refractivity contribution in [2.24, 2.45) is 0 Å². The first-order chi connectivity index (χ1) is 23.5. The quantitative estimate of drug-likeness (QED) is 0.0911. The molecule has 0 unspecified atom stereocenters. The maximum Gasteiger partial charge on any atom is 2.00 e. The van der Waals surface area contributed by atoms with Crippen LogP contribution in [0, 0.1) is 26.0 Å². The van der Waals surface area contributed by atoms with Crippen LogP contribution in [0.5, 0.6) is 11.5 Å². The van der Waals surface area contributed by atoms with Crippen molar-refractivity contribution in [1.82, 2.24) is 19.3 Å². The molecule has 7 rings (SSSR count). The zero-order chi connectivity index (χ0) is 33.0. The Morgan fingerprint density at radius 2 is 1.49 bits per heavy atom. The molecule has 3 heterocycles. The fraction of sp³-hybridized carbons (Fsp3) is 0.256. The average Bonchev–Trinajstić information content (AvgIpc) is 3.60. The van der Waals surface area contributed by atoms with Gasteiger partial charge in [0.05, 0.1) is 5.69 Å². The van der Waals surface area contributed by atoms with E-state index < -0.39 is 0 Å². The molecule has 0 aliphatic rings. The summed E-state index contributed by atoms with van der Waals surface area (Å²) < 4.78 is 10.7.